The molecule has 3 aromatic carbocycles. The number of carbonyl (C=O) groups is 2. The largest absolute Gasteiger partial charge is 0.484 e. The zero-order valence-electron chi connectivity index (χ0n) is 16.7. The normalized spacial score (nSPS) is 10.8. The van der Waals surface area contributed by atoms with Gasteiger partial charge in [-0.05, 0) is 54.6 Å². The van der Waals surface area contributed by atoms with E-state index in [4.69, 9.17) is 16.3 Å². The highest BCUT2D eigenvalue weighted by Crippen LogP contribution is 2.20. The van der Waals surface area contributed by atoms with E-state index in [-0.39, 0.29) is 18.0 Å². The van der Waals surface area contributed by atoms with E-state index in [0.717, 1.165) is 0 Å². The maximum Gasteiger partial charge on any atom is 0.261 e. The van der Waals surface area contributed by atoms with Crippen molar-refractivity contribution in [2.75, 3.05) is 23.2 Å². The summed E-state index contributed by atoms with van der Waals surface area (Å²) in [6, 6.07) is 20.8. The Morgan fingerprint density at radius 1 is 0.844 bits per heavy atom. The average Bonchev–Trinajstić information content (AvgIpc) is 2.77. The minimum atomic E-state index is -3.82. The summed E-state index contributed by atoms with van der Waals surface area (Å²) in [6.07, 6.45) is 0. The number of benzene rings is 3. The summed E-state index contributed by atoms with van der Waals surface area (Å²) in [5.74, 6) is -0.366. The van der Waals surface area contributed by atoms with Gasteiger partial charge in [-0.15, -0.1) is 0 Å². The number of halogens is 1. The first-order chi connectivity index (χ1) is 15.3. The van der Waals surface area contributed by atoms with Crippen molar-refractivity contribution in [3.8, 4) is 5.75 Å². The zero-order valence-corrected chi connectivity index (χ0v) is 18.3. The van der Waals surface area contributed by atoms with E-state index in [9.17, 15) is 18.0 Å². The summed E-state index contributed by atoms with van der Waals surface area (Å²) < 4.78 is 32.7. The lowest BCUT2D eigenvalue weighted by molar-refractivity contribution is -0.125. The van der Waals surface area contributed by atoms with Gasteiger partial charge in [0.15, 0.2) is 6.61 Å². The van der Waals surface area contributed by atoms with Gasteiger partial charge >= 0.3 is 0 Å². The van der Waals surface area contributed by atoms with Gasteiger partial charge in [-0.25, -0.2) is 8.42 Å². The van der Waals surface area contributed by atoms with Gasteiger partial charge in [-0.3, -0.25) is 14.3 Å². The molecule has 32 heavy (non-hydrogen) atoms. The highest BCUT2D eigenvalue weighted by molar-refractivity contribution is 7.92. The molecule has 0 bridgehead atoms. The predicted octanol–water partition coefficient (Wildman–Crippen LogP) is 3.27. The molecule has 3 N–H and O–H groups in total. The average molecular weight is 474 g/mol. The van der Waals surface area contributed by atoms with Gasteiger partial charge in [0.25, 0.3) is 15.9 Å². The molecule has 0 fully saturated rings. The lowest BCUT2D eigenvalue weighted by Crippen LogP contribution is -2.35. The first kappa shape index (κ1) is 23.1. The van der Waals surface area contributed by atoms with Gasteiger partial charge in [0, 0.05) is 10.7 Å². The number of para-hydroxylation sites is 1. The number of amides is 2. The Balaban J connectivity index is 1.48. The summed E-state index contributed by atoms with van der Waals surface area (Å²) in [7, 11) is -3.82. The van der Waals surface area contributed by atoms with Gasteiger partial charge < -0.3 is 15.4 Å². The number of anilines is 2. The number of ether oxygens (including phenoxy) is 1. The Labute approximate surface area is 190 Å². The molecule has 0 aliphatic rings. The summed E-state index contributed by atoms with van der Waals surface area (Å²) >= 11 is 5.87. The zero-order chi connectivity index (χ0) is 23.0. The third-order valence-corrected chi connectivity index (χ3v) is 5.72. The van der Waals surface area contributed by atoms with E-state index in [2.05, 4.69) is 15.4 Å². The van der Waals surface area contributed by atoms with Crippen molar-refractivity contribution in [2.24, 2.45) is 0 Å². The van der Waals surface area contributed by atoms with Crippen molar-refractivity contribution in [2.45, 2.75) is 4.90 Å². The van der Waals surface area contributed by atoms with Crippen molar-refractivity contribution >= 4 is 44.8 Å². The molecule has 0 saturated carbocycles. The van der Waals surface area contributed by atoms with Crippen LogP contribution in [0, 0.1) is 0 Å². The molecule has 166 valence electrons. The number of hydrogen-bond acceptors (Lipinski definition) is 5. The van der Waals surface area contributed by atoms with Crippen LogP contribution in [-0.2, 0) is 19.6 Å². The molecule has 10 heteroatoms. The number of nitrogens with one attached hydrogen (secondary N) is 3. The lowest BCUT2D eigenvalue weighted by atomic mass is 10.3. The molecule has 0 radical (unpaired) electrons. The molecule has 3 aromatic rings. The van der Waals surface area contributed by atoms with Crippen molar-refractivity contribution < 1.29 is 22.7 Å². The molecule has 0 aromatic heterocycles. The molecule has 0 aliphatic carbocycles. The minimum absolute atomic E-state index is 0.0156. The third kappa shape index (κ3) is 7.00. The second-order valence-electron chi connectivity index (χ2n) is 6.57. The monoisotopic (exact) mass is 473 g/mol. The fraction of sp³-hybridized carbons (Fsp3) is 0.0909. The highest BCUT2D eigenvalue weighted by atomic mass is 35.5. The fourth-order valence-corrected chi connectivity index (χ4v) is 3.82. The SMILES string of the molecule is O=C(COc1ccccc1)NCC(=O)Nc1ccc(S(=O)(=O)Nc2cccc(Cl)c2)cc1. The van der Waals surface area contributed by atoms with E-state index in [0.29, 0.717) is 22.1 Å². The maximum atomic E-state index is 12.5. The highest BCUT2D eigenvalue weighted by Gasteiger charge is 2.15. The Kier molecular flexibility index (Phi) is 7.69. The first-order valence-electron chi connectivity index (χ1n) is 9.45. The summed E-state index contributed by atoms with van der Waals surface area (Å²) in [6.45, 7) is -0.475. The number of carbonyl (C=O) groups excluding carboxylic acids is 2. The predicted molar refractivity (Wildman–Crippen MR) is 122 cm³/mol. The molecule has 0 heterocycles. The Morgan fingerprint density at radius 2 is 1.56 bits per heavy atom. The van der Waals surface area contributed by atoms with E-state index < -0.39 is 21.8 Å². The van der Waals surface area contributed by atoms with Gasteiger partial charge in [0.2, 0.25) is 5.91 Å². The van der Waals surface area contributed by atoms with Gasteiger partial charge in [-0.2, -0.15) is 0 Å². The van der Waals surface area contributed by atoms with Gasteiger partial charge in [0.1, 0.15) is 5.75 Å². The molecule has 0 atom stereocenters. The van der Waals surface area contributed by atoms with Crippen molar-refractivity contribution in [3.63, 3.8) is 0 Å². The quantitative estimate of drug-likeness (QED) is 0.441. The van der Waals surface area contributed by atoms with Crippen LogP contribution in [0.5, 0.6) is 5.75 Å². The van der Waals surface area contributed by atoms with Gasteiger partial charge in [0.05, 0.1) is 17.1 Å². The molecular weight excluding hydrogens is 454 g/mol. The summed E-state index contributed by atoms with van der Waals surface area (Å²) in [5, 5.41) is 5.43. The minimum Gasteiger partial charge on any atom is -0.484 e. The van der Waals surface area contributed by atoms with Crippen LogP contribution in [0.2, 0.25) is 5.02 Å². The van der Waals surface area contributed by atoms with Crippen LogP contribution in [0.25, 0.3) is 0 Å². The van der Waals surface area contributed by atoms with E-state index in [1.807, 2.05) is 6.07 Å². The first-order valence-corrected chi connectivity index (χ1v) is 11.3. The van der Waals surface area contributed by atoms with Crippen LogP contribution in [0.15, 0.2) is 83.8 Å². The second-order valence-corrected chi connectivity index (χ2v) is 8.69. The fourth-order valence-electron chi connectivity index (χ4n) is 2.58. The second kappa shape index (κ2) is 10.7. The lowest BCUT2D eigenvalue weighted by Gasteiger charge is -2.10. The number of sulfonamides is 1. The topological polar surface area (TPSA) is 114 Å². The molecule has 8 nitrogen and oxygen atoms in total. The van der Waals surface area contributed by atoms with E-state index in [1.165, 1.54) is 30.3 Å². The molecule has 0 aliphatic heterocycles. The molecule has 0 spiro atoms. The van der Waals surface area contributed by atoms with Crippen molar-refractivity contribution in [1.29, 1.82) is 0 Å². The van der Waals surface area contributed by atoms with Crippen LogP contribution >= 0.6 is 11.6 Å². The van der Waals surface area contributed by atoms with Crippen LogP contribution in [0.4, 0.5) is 11.4 Å². The number of rotatable bonds is 9. The molecular formula is C22H20ClN3O5S. The standard InChI is InChI=1S/C22H20ClN3O5S/c23-16-5-4-6-18(13-16)26-32(29,30)20-11-9-17(10-12-20)25-21(27)14-24-22(28)15-31-19-7-2-1-3-8-19/h1-13,26H,14-15H2,(H,24,28)(H,25,27). The van der Waals surface area contributed by atoms with Crippen molar-refractivity contribution in [3.05, 3.63) is 83.9 Å². The maximum absolute atomic E-state index is 12.5. The Bertz CT molecular complexity index is 1190. The van der Waals surface area contributed by atoms with Gasteiger partial charge in [-0.1, -0.05) is 35.9 Å². The smallest absolute Gasteiger partial charge is 0.261 e. The van der Waals surface area contributed by atoms with Crippen LogP contribution in [-0.4, -0.2) is 33.4 Å². The molecule has 3 rings (SSSR count). The van der Waals surface area contributed by atoms with E-state index >= 15 is 0 Å². The van der Waals surface area contributed by atoms with Crippen molar-refractivity contribution in [1.82, 2.24) is 5.32 Å². The Morgan fingerprint density at radius 3 is 2.25 bits per heavy atom. The van der Waals surface area contributed by atoms with E-state index in [1.54, 1.807) is 42.5 Å². The number of hydrogen-bond donors (Lipinski definition) is 3. The van der Waals surface area contributed by atoms with Crippen LogP contribution < -0.4 is 20.1 Å². The molecule has 0 saturated heterocycles. The van der Waals surface area contributed by atoms with Crippen LogP contribution in [0.3, 0.4) is 0 Å². The summed E-state index contributed by atoms with van der Waals surface area (Å²) in [4.78, 5) is 23.9. The molecule has 2 amide bonds. The van der Waals surface area contributed by atoms with Crippen LogP contribution in [0.1, 0.15) is 0 Å². The Hall–Kier alpha value is -3.56. The third-order valence-electron chi connectivity index (χ3n) is 4.08. The summed E-state index contributed by atoms with van der Waals surface area (Å²) in [5.41, 5.74) is 0.716. The molecule has 0 unspecified atom stereocenters.